The van der Waals surface area contributed by atoms with Gasteiger partial charge in [-0.15, -0.1) is 11.8 Å². The van der Waals surface area contributed by atoms with Gasteiger partial charge in [0.25, 0.3) is 5.91 Å². The van der Waals surface area contributed by atoms with E-state index in [0.717, 1.165) is 16.0 Å². The van der Waals surface area contributed by atoms with Gasteiger partial charge >= 0.3 is 0 Å². The first-order chi connectivity index (χ1) is 13.6. The highest BCUT2D eigenvalue weighted by Crippen LogP contribution is 2.27. The van der Waals surface area contributed by atoms with E-state index in [1.165, 1.54) is 6.33 Å². The van der Waals surface area contributed by atoms with Crippen molar-refractivity contribution in [3.8, 4) is 0 Å². The molecule has 0 radical (unpaired) electrons. The van der Waals surface area contributed by atoms with Crippen LogP contribution in [0.3, 0.4) is 0 Å². The minimum absolute atomic E-state index is 0.218. The molecule has 9 heteroatoms. The third kappa shape index (κ3) is 4.11. The Bertz CT molecular complexity index is 1160. The molecule has 2 aromatic carbocycles. The summed E-state index contributed by atoms with van der Waals surface area (Å²) in [5, 5.41) is 12.2. The summed E-state index contributed by atoms with van der Waals surface area (Å²) in [5.74, 6) is 0.440. The molecular formula is C19H13Cl2N5OS. The van der Waals surface area contributed by atoms with Crippen molar-refractivity contribution < 1.29 is 4.79 Å². The van der Waals surface area contributed by atoms with Gasteiger partial charge < -0.3 is 5.32 Å². The number of fused-ring (bicyclic) bond motifs is 1. The van der Waals surface area contributed by atoms with Crippen LogP contribution in [0.1, 0.15) is 15.9 Å². The summed E-state index contributed by atoms with van der Waals surface area (Å²) in [5.41, 5.74) is 2.84. The minimum Gasteiger partial charge on any atom is -0.322 e. The van der Waals surface area contributed by atoms with E-state index in [2.05, 4.69) is 25.5 Å². The number of benzene rings is 2. The number of anilines is 1. The molecule has 4 aromatic rings. The van der Waals surface area contributed by atoms with Crippen molar-refractivity contribution in [1.82, 2.24) is 20.2 Å². The Balaban J connectivity index is 1.47. The van der Waals surface area contributed by atoms with Crippen molar-refractivity contribution in [2.75, 3.05) is 5.32 Å². The normalized spacial score (nSPS) is 10.9. The number of carbonyl (C=O) groups excluding carboxylic acids is 1. The summed E-state index contributed by atoms with van der Waals surface area (Å²) in [6.45, 7) is 0. The second-order valence-corrected chi connectivity index (χ2v) is 7.66. The Morgan fingerprint density at radius 2 is 2.00 bits per heavy atom. The largest absolute Gasteiger partial charge is 0.322 e. The van der Waals surface area contributed by atoms with E-state index in [1.807, 2.05) is 18.2 Å². The Morgan fingerprint density at radius 1 is 1.11 bits per heavy atom. The lowest BCUT2D eigenvalue weighted by atomic mass is 10.1. The summed E-state index contributed by atoms with van der Waals surface area (Å²) < 4.78 is 0. The molecule has 0 bridgehead atoms. The summed E-state index contributed by atoms with van der Waals surface area (Å²) in [6.07, 6.45) is 3.21. The van der Waals surface area contributed by atoms with Gasteiger partial charge in [-0.2, -0.15) is 5.10 Å². The number of carbonyl (C=O) groups is 1. The zero-order valence-electron chi connectivity index (χ0n) is 14.3. The number of aromatic amines is 1. The Labute approximate surface area is 174 Å². The van der Waals surface area contributed by atoms with Crippen molar-refractivity contribution in [1.29, 1.82) is 0 Å². The van der Waals surface area contributed by atoms with E-state index in [1.54, 1.807) is 42.2 Å². The first kappa shape index (κ1) is 18.7. The van der Waals surface area contributed by atoms with Gasteiger partial charge in [0.05, 0.1) is 21.6 Å². The van der Waals surface area contributed by atoms with Gasteiger partial charge in [0.1, 0.15) is 11.4 Å². The fourth-order valence-electron chi connectivity index (χ4n) is 2.59. The highest BCUT2D eigenvalue weighted by Gasteiger charge is 2.10. The van der Waals surface area contributed by atoms with E-state index >= 15 is 0 Å². The predicted molar refractivity (Wildman–Crippen MR) is 112 cm³/mol. The van der Waals surface area contributed by atoms with Crippen LogP contribution in [-0.2, 0) is 5.75 Å². The van der Waals surface area contributed by atoms with Crippen LogP contribution in [0.5, 0.6) is 0 Å². The lowest BCUT2D eigenvalue weighted by molar-refractivity contribution is 0.102. The molecule has 0 atom stereocenters. The van der Waals surface area contributed by atoms with Gasteiger partial charge in [-0.25, -0.2) is 9.97 Å². The topological polar surface area (TPSA) is 83.6 Å². The molecule has 0 aliphatic heterocycles. The average Bonchev–Trinajstić information content (AvgIpc) is 3.19. The van der Waals surface area contributed by atoms with Crippen LogP contribution in [0, 0.1) is 0 Å². The van der Waals surface area contributed by atoms with Crippen molar-refractivity contribution in [2.24, 2.45) is 0 Å². The van der Waals surface area contributed by atoms with Crippen LogP contribution in [-0.4, -0.2) is 26.1 Å². The third-order valence-electron chi connectivity index (χ3n) is 3.95. The van der Waals surface area contributed by atoms with Crippen molar-refractivity contribution in [3.05, 3.63) is 76.2 Å². The summed E-state index contributed by atoms with van der Waals surface area (Å²) in [4.78, 5) is 21.0. The molecule has 28 heavy (non-hydrogen) atoms. The van der Waals surface area contributed by atoms with Crippen LogP contribution in [0.4, 0.5) is 5.69 Å². The van der Waals surface area contributed by atoms with Crippen LogP contribution in [0.2, 0.25) is 10.0 Å². The molecule has 6 nitrogen and oxygen atoms in total. The smallest absolute Gasteiger partial charge is 0.255 e. The van der Waals surface area contributed by atoms with E-state index in [4.69, 9.17) is 23.2 Å². The zero-order chi connectivity index (χ0) is 19.5. The molecule has 0 spiro atoms. The van der Waals surface area contributed by atoms with Crippen LogP contribution < -0.4 is 5.32 Å². The molecule has 0 unspecified atom stereocenters. The number of nitrogens with one attached hydrogen (secondary N) is 2. The van der Waals surface area contributed by atoms with Gasteiger partial charge in [-0.3, -0.25) is 9.89 Å². The predicted octanol–water partition coefficient (Wildman–Crippen LogP) is 5.20. The lowest BCUT2D eigenvalue weighted by Crippen LogP contribution is -2.12. The maximum Gasteiger partial charge on any atom is 0.255 e. The van der Waals surface area contributed by atoms with E-state index < -0.39 is 0 Å². The Hall–Kier alpha value is -2.61. The molecular weight excluding hydrogens is 417 g/mol. The van der Waals surface area contributed by atoms with Gasteiger partial charge in [-0.05, 0) is 35.9 Å². The number of H-pyrrole nitrogens is 1. The summed E-state index contributed by atoms with van der Waals surface area (Å²) in [6, 6.07) is 12.4. The standard InChI is InChI=1S/C19H13Cl2N5OS/c20-15-5-4-13(7-16(15)21)25-18(27)12-3-1-2-11(6-12)9-28-19-14-8-24-26-17(14)22-10-23-19/h1-8,10H,9H2,(H,25,27)(H,22,23,24,26). The van der Waals surface area contributed by atoms with E-state index in [9.17, 15) is 4.79 Å². The number of hydrogen-bond acceptors (Lipinski definition) is 5. The van der Waals surface area contributed by atoms with Gasteiger partial charge in [0.15, 0.2) is 5.65 Å². The first-order valence-corrected chi connectivity index (χ1v) is 9.96. The third-order valence-corrected chi connectivity index (χ3v) is 5.77. The Morgan fingerprint density at radius 3 is 2.86 bits per heavy atom. The highest BCUT2D eigenvalue weighted by atomic mass is 35.5. The molecule has 1 amide bonds. The van der Waals surface area contributed by atoms with Crippen molar-refractivity contribution in [3.63, 3.8) is 0 Å². The monoisotopic (exact) mass is 429 g/mol. The molecule has 2 heterocycles. The molecule has 2 aromatic heterocycles. The summed E-state index contributed by atoms with van der Waals surface area (Å²) >= 11 is 13.5. The molecule has 0 aliphatic carbocycles. The number of rotatable bonds is 5. The maximum absolute atomic E-state index is 12.5. The number of aromatic nitrogens is 4. The molecule has 140 valence electrons. The molecule has 0 fully saturated rings. The number of hydrogen-bond donors (Lipinski definition) is 2. The van der Waals surface area contributed by atoms with Gasteiger partial charge in [0.2, 0.25) is 0 Å². The van der Waals surface area contributed by atoms with Crippen LogP contribution in [0.15, 0.2) is 60.0 Å². The number of halogens is 2. The molecule has 0 aliphatic rings. The van der Waals surface area contributed by atoms with E-state index in [-0.39, 0.29) is 5.91 Å². The Kier molecular flexibility index (Phi) is 5.47. The maximum atomic E-state index is 12.5. The molecule has 4 rings (SSSR count). The van der Waals surface area contributed by atoms with Crippen LogP contribution >= 0.6 is 35.0 Å². The highest BCUT2D eigenvalue weighted by molar-refractivity contribution is 7.98. The van der Waals surface area contributed by atoms with Crippen molar-refractivity contribution >= 4 is 57.6 Å². The number of nitrogens with zero attached hydrogens (tertiary/aromatic N) is 3. The lowest BCUT2D eigenvalue weighted by Gasteiger charge is -2.08. The fraction of sp³-hybridized carbons (Fsp3) is 0.0526. The minimum atomic E-state index is -0.218. The first-order valence-electron chi connectivity index (χ1n) is 8.22. The second kappa shape index (κ2) is 8.18. The second-order valence-electron chi connectivity index (χ2n) is 5.88. The molecule has 2 N–H and O–H groups in total. The average molecular weight is 430 g/mol. The summed E-state index contributed by atoms with van der Waals surface area (Å²) in [7, 11) is 0. The van der Waals surface area contributed by atoms with Gasteiger partial charge in [0, 0.05) is 17.0 Å². The van der Waals surface area contributed by atoms with Crippen LogP contribution in [0.25, 0.3) is 11.0 Å². The van der Waals surface area contributed by atoms with E-state index in [0.29, 0.717) is 32.7 Å². The van der Waals surface area contributed by atoms with Crippen molar-refractivity contribution in [2.45, 2.75) is 10.8 Å². The zero-order valence-corrected chi connectivity index (χ0v) is 16.6. The van der Waals surface area contributed by atoms with Gasteiger partial charge in [-0.1, -0.05) is 35.3 Å². The fourth-order valence-corrected chi connectivity index (χ4v) is 3.80. The molecule has 0 saturated heterocycles. The number of thioether (sulfide) groups is 1. The molecule has 0 saturated carbocycles. The quantitative estimate of drug-likeness (QED) is 0.336. The SMILES string of the molecule is O=C(Nc1ccc(Cl)c(Cl)c1)c1cccc(CSc2ncnc3[nH]ncc23)c1. The number of amides is 1.